The van der Waals surface area contributed by atoms with Crippen LogP contribution in [0.15, 0.2) is 24.7 Å². The van der Waals surface area contributed by atoms with E-state index in [-0.39, 0.29) is 5.69 Å². The van der Waals surface area contributed by atoms with Crippen molar-refractivity contribution >= 4 is 5.69 Å². The van der Waals surface area contributed by atoms with E-state index in [9.17, 15) is 10.1 Å². The SMILES string of the molecule is Cc1cnc(-n2ccnc2C)cc1[N+](=O)[O-]. The topological polar surface area (TPSA) is 73.8 Å². The fraction of sp³-hybridized carbons (Fsp3) is 0.200. The molecule has 2 heterocycles. The molecule has 0 bridgehead atoms. The number of nitrogens with zero attached hydrogens (tertiary/aromatic N) is 4. The molecule has 0 radical (unpaired) electrons. The zero-order valence-electron chi connectivity index (χ0n) is 8.91. The number of imidazole rings is 1. The molecule has 0 aliphatic rings. The molecule has 2 rings (SSSR count). The summed E-state index contributed by atoms with van der Waals surface area (Å²) >= 11 is 0. The second-order valence-electron chi connectivity index (χ2n) is 3.43. The molecule has 0 fully saturated rings. The van der Waals surface area contributed by atoms with Crippen molar-refractivity contribution in [2.45, 2.75) is 13.8 Å². The number of pyridine rings is 1. The average molecular weight is 218 g/mol. The molecule has 0 aliphatic carbocycles. The van der Waals surface area contributed by atoms with Crippen molar-refractivity contribution in [3.8, 4) is 5.82 Å². The zero-order valence-corrected chi connectivity index (χ0v) is 8.91. The molecule has 0 aliphatic heterocycles. The maximum Gasteiger partial charge on any atom is 0.277 e. The fourth-order valence-electron chi connectivity index (χ4n) is 1.45. The van der Waals surface area contributed by atoms with Crippen molar-refractivity contribution in [3.05, 3.63) is 46.2 Å². The van der Waals surface area contributed by atoms with E-state index in [1.165, 1.54) is 12.3 Å². The summed E-state index contributed by atoms with van der Waals surface area (Å²) in [4.78, 5) is 18.6. The molecule has 6 nitrogen and oxygen atoms in total. The molecule has 2 aromatic rings. The lowest BCUT2D eigenvalue weighted by atomic mass is 10.2. The average Bonchev–Trinajstić information content (AvgIpc) is 2.65. The van der Waals surface area contributed by atoms with Gasteiger partial charge in [-0.15, -0.1) is 0 Å². The van der Waals surface area contributed by atoms with Crippen molar-refractivity contribution < 1.29 is 4.92 Å². The van der Waals surface area contributed by atoms with E-state index in [1.54, 1.807) is 23.9 Å². The van der Waals surface area contributed by atoms with E-state index in [0.717, 1.165) is 5.82 Å². The van der Waals surface area contributed by atoms with E-state index in [0.29, 0.717) is 11.4 Å². The summed E-state index contributed by atoms with van der Waals surface area (Å²) in [6.07, 6.45) is 4.84. The van der Waals surface area contributed by atoms with Crippen LogP contribution in [0.4, 0.5) is 5.69 Å². The number of nitro groups is 1. The highest BCUT2D eigenvalue weighted by molar-refractivity contribution is 5.44. The lowest BCUT2D eigenvalue weighted by molar-refractivity contribution is -0.385. The normalized spacial score (nSPS) is 10.4. The predicted molar refractivity (Wildman–Crippen MR) is 57.5 cm³/mol. The van der Waals surface area contributed by atoms with E-state index >= 15 is 0 Å². The van der Waals surface area contributed by atoms with Gasteiger partial charge in [0, 0.05) is 24.2 Å². The van der Waals surface area contributed by atoms with Gasteiger partial charge in [0.1, 0.15) is 11.6 Å². The Morgan fingerprint density at radius 2 is 2.12 bits per heavy atom. The van der Waals surface area contributed by atoms with Crippen LogP contribution >= 0.6 is 0 Å². The van der Waals surface area contributed by atoms with Crippen LogP contribution < -0.4 is 0 Å². The lowest BCUT2D eigenvalue weighted by Gasteiger charge is -2.04. The first kappa shape index (κ1) is 10.3. The molecule has 0 N–H and O–H groups in total. The Morgan fingerprint density at radius 1 is 1.38 bits per heavy atom. The fourth-order valence-corrected chi connectivity index (χ4v) is 1.45. The molecule has 0 aromatic carbocycles. The van der Waals surface area contributed by atoms with Gasteiger partial charge in [-0.25, -0.2) is 9.97 Å². The summed E-state index contributed by atoms with van der Waals surface area (Å²) in [7, 11) is 0. The molecular weight excluding hydrogens is 208 g/mol. The van der Waals surface area contributed by atoms with Gasteiger partial charge >= 0.3 is 0 Å². The minimum atomic E-state index is -0.410. The van der Waals surface area contributed by atoms with Crippen molar-refractivity contribution in [3.63, 3.8) is 0 Å². The van der Waals surface area contributed by atoms with Gasteiger partial charge < -0.3 is 0 Å². The molecule has 16 heavy (non-hydrogen) atoms. The minimum Gasteiger partial charge on any atom is -0.288 e. The van der Waals surface area contributed by atoms with Crippen molar-refractivity contribution in [2.24, 2.45) is 0 Å². The van der Waals surface area contributed by atoms with Crippen molar-refractivity contribution in [1.29, 1.82) is 0 Å². The van der Waals surface area contributed by atoms with Crippen LogP contribution in [0.2, 0.25) is 0 Å². The van der Waals surface area contributed by atoms with Crippen molar-refractivity contribution in [1.82, 2.24) is 14.5 Å². The van der Waals surface area contributed by atoms with E-state index in [4.69, 9.17) is 0 Å². The van der Waals surface area contributed by atoms with E-state index < -0.39 is 4.92 Å². The Morgan fingerprint density at radius 3 is 2.69 bits per heavy atom. The molecule has 82 valence electrons. The first-order valence-corrected chi connectivity index (χ1v) is 4.71. The highest BCUT2D eigenvalue weighted by Gasteiger charge is 2.13. The third kappa shape index (κ3) is 1.65. The molecule has 2 aromatic heterocycles. The highest BCUT2D eigenvalue weighted by atomic mass is 16.6. The van der Waals surface area contributed by atoms with Crippen LogP contribution in [0.5, 0.6) is 0 Å². The Balaban J connectivity index is 2.56. The van der Waals surface area contributed by atoms with Crippen LogP contribution in [0, 0.1) is 24.0 Å². The molecule has 0 spiro atoms. The second-order valence-corrected chi connectivity index (χ2v) is 3.43. The van der Waals surface area contributed by atoms with Crippen LogP contribution in [0.25, 0.3) is 5.82 Å². The molecule has 6 heteroatoms. The first-order chi connectivity index (χ1) is 7.59. The van der Waals surface area contributed by atoms with Gasteiger partial charge in [0.15, 0.2) is 0 Å². The van der Waals surface area contributed by atoms with Crippen molar-refractivity contribution in [2.75, 3.05) is 0 Å². The summed E-state index contributed by atoms with van der Waals surface area (Å²) in [5.74, 6) is 1.25. The van der Waals surface area contributed by atoms with Gasteiger partial charge in [-0.3, -0.25) is 14.7 Å². The molecular formula is C10H10N4O2. The summed E-state index contributed by atoms with van der Waals surface area (Å²) < 4.78 is 1.70. The van der Waals surface area contributed by atoms with E-state index in [1.807, 2.05) is 6.92 Å². The number of aryl methyl sites for hydroxylation is 2. The lowest BCUT2D eigenvalue weighted by Crippen LogP contribution is -2.01. The Kier molecular flexibility index (Phi) is 2.40. The number of hydrogen-bond acceptors (Lipinski definition) is 4. The van der Waals surface area contributed by atoms with E-state index in [2.05, 4.69) is 9.97 Å². The Labute approximate surface area is 91.7 Å². The van der Waals surface area contributed by atoms with Crippen LogP contribution in [-0.4, -0.2) is 19.5 Å². The van der Waals surface area contributed by atoms with Gasteiger partial charge in [0.25, 0.3) is 5.69 Å². The molecule has 0 atom stereocenters. The van der Waals surface area contributed by atoms with Crippen LogP contribution in [0.1, 0.15) is 11.4 Å². The molecule has 0 unspecified atom stereocenters. The zero-order chi connectivity index (χ0) is 11.7. The molecule has 0 amide bonds. The van der Waals surface area contributed by atoms with Gasteiger partial charge in [-0.2, -0.15) is 0 Å². The quantitative estimate of drug-likeness (QED) is 0.569. The second kappa shape index (κ2) is 3.73. The smallest absolute Gasteiger partial charge is 0.277 e. The maximum atomic E-state index is 10.8. The molecule has 0 saturated heterocycles. The highest BCUT2D eigenvalue weighted by Crippen LogP contribution is 2.19. The maximum absolute atomic E-state index is 10.8. The predicted octanol–water partition coefficient (Wildman–Crippen LogP) is 1.79. The van der Waals surface area contributed by atoms with Gasteiger partial charge in [-0.05, 0) is 13.8 Å². The summed E-state index contributed by atoms with van der Waals surface area (Å²) in [5, 5.41) is 10.8. The Hall–Kier alpha value is -2.24. The third-order valence-corrected chi connectivity index (χ3v) is 2.33. The largest absolute Gasteiger partial charge is 0.288 e. The van der Waals surface area contributed by atoms with Gasteiger partial charge in [0.2, 0.25) is 0 Å². The van der Waals surface area contributed by atoms with Crippen LogP contribution in [0.3, 0.4) is 0 Å². The minimum absolute atomic E-state index is 0.0677. The standard InChI is InChI=1S/C10H10N4O2/c1-7-6-12-10(5-9(7)14(15)16)13-4-3-11-8(13)2/h3-6H,1-2H3. The van der Waals surface area contributed by atoms with Crippen LogP contribution in [-0.2, 0) is 0 Å². The van der Waals surface area contributed by atoms with Gasteiger partial charge in [0.05, 0.1) is 11.0 Å². The Bertz CT molecular complexity index is 548. The monoisotopic (exact) mass is 218 g/mol. The summed E-state index contributed by atoms with van der Waals surface area (Å²) in [6.45, 7) is 3.48. The third-order valence-electron chi connectivity index (χ3n) is 2.33. The first-order valence-electron chi connectivity index (χ1n) is 4.71. The number of hydrogen-bond donors (Lipinski definition) is 0. The summed E-state index contributed by atoms with van der Waals surface area (Å²) in [5.41, 5.74) is 0.615. The van der Waals surface area contributed by atoms with Gasteiger partial charge in [-0.1, -0.05) is 0 Å². The summed E-state index contributed by atoms with van der Waals surface area (Å²) in [6, 6.07) is 1.45. The molecule has 0 saturated carbocycles. The number of aromatic nitrogens is 3. The number of rotatable bonds is 2.